The van der Waals surface area contributed by atoms with Gasteiger partial charge in [-0.15, -0.1) is 0 Å². The van der Waals surface area contributed by atoms with Crippen molar-refractivity contribution in [1.82, 2.24) is 14.5 Å². The molecule has 0 atom stereocenters. The average Bonchev–Trinajstić information content (AvgIpc) is 2.80. The molecule has 0 saturated carbocycles. The summed E-state index contributed by atoms with van der Waals surface area (Å²) in [6, 6.07) is 9.53. The Morgan fingerprint density at radius 1 is 1.19 bits per heavy atom. The van der Waals surface area contributed by atoms with E-state index in [1.807, 2.05) is 12.1 Å². The highest BCUT2D eigenvalue weighted by molar-refractivity contribution is 8.00. The molecule has 0 bridgehead atoms. The summed E-state index contributed by atoms with van der Waals surface area (Å²) in [6.45, 7) is 0.439. The van der Waals surface area contributed by atoms with Crippen LogP contribution >= 0.6 is 11.8 Å². The molecule has 4 rings (SSSR count). The Balaban J connectivity index is 1.51. The zero-order chi connectivity index (χ0) is 22.5. The number of hydrogen-bond donors (Lipinski definition) is 1. The molecule has 0 saturated heterocycles. The molecule has 1 aliphatic carbocycles. The third-order valence-electron chi connectivity index (χ3n) is 5.22. The van der Waals surface area contributed by atoms with E-state index in [9.17, 15) is 19.7 Å². The number of nitrogens with one attached hydrogen (secondary N) is 1. The first-order chi connectivity index (χ1) is 15.5. The number of nitrogens with zero attached hydrogens (tertiary/aromatic N) is 4. The molecule has 1 aliphatic rings. The van der Waals surface area contributed by atoms with Gasteiger partial charge in [0.1, 0.15) is 5.03 Å². The molecule has 2 heterocycles. The number of thioether (sulfide) groups is 1. The van der Waals surface area contributed by atoms with Crippen molar-refractivity contribution in [3.63, 3.8) is 0 Å². The van der Waals surface area contributed by atoms with Crippen LogP contribution in [0.25, 0.3) is 0 Å². The number of nitro groups is 1. The number of aromatic nitrogens is 3. The third kappa shape index (κ3) is 5.02. The number of non-ortho nitro benzene ring substituents is 1. The van der Waals surface area contributed by atoms with Crippen LogP contribution in [0.15, 0.2) is 58.6 Å². The van der Waals surface area contributed by atoms with Crippen LogP contribution in [0.4, 0.5) is 11.4 Å². The molecule has 10 heteroatoms. The lowest BCUT2D eigenvalue weighted by molar-refractivity contribution is -0.384. The topological polar surface area (TPSA) is 120 Å². The van der Waals surface area contributed by atoms with Crippen molar-refractivity contribution in [3.05, 3.63) is 86.2 Å². The Labute approximate surface area is 188 Å². The molecule has 1 N–H and O–H groups in total. The molecule has 9 nitrogen and oxygen atoms in total. The van der Waals surface area contributed by atoms with Crippen LogP contribution in [0.5, 0.6) is 0 Å². The highest BCUT2D eigenvalue weighted by Crippen LogP contribution is 2.29. The molecule has 0 radical (unpaired) electrons. The van der Waals surface area contributed by atoms with Gasteiger partial charge in [0.05, 0.1) is 17.2 Å². The van der Waals surface area contributed by atoms with Crippen LogP contribution in [0.2, 0.25) is 0 Å². The molecule has 0 fully saturated rings. The summed E-state index contributed by atoms with van der Waals surface area (Å²) in [4.78, 5) is 43.9. The second-order valence-electron chi connectivity index (χ2n) is 7.42. The van der Waals surface area contributed by atoms with E-state index in [-0.39, 0.29) is 23.0 Å². The van der Waals surface area contributed by atoms with Crippen LogP contribution in [-0.2, 0) is 24.2 Å². The summed E-state index contributed by atoms with van der Waals surface area (Å²) in [7, 11) is 0. The standard InChI is InChI=1S/C22H21N5O4S/c28-20(24-16-4-3-5-17(12-16)27(30)31)14-32-21-18-6-1-2-7-19(18)26(22(29)25-21)13-15-8-10-23-11-9-15/h3-5,8-12H,1-2,6-7,13-14H2,(H,24,28). The van der Waals surface area contributed by atoms with Gasteiger partial charge in [0.15, 0.2) is 0 Å². The van der Waals surface area contributed by atoms with Crippen molar-refractivity contribution < 1.29 is 9.72 Å². The molecule has 1 aromatic carbocycles. The summed E-state index contributed by atoms with van der Waals surface area (Å²) < 4.78 is 1.72. The molecule has 32 heavy (non-hydrogen) atoms. The number of hydrogen-bond acceptors (Lipinski definition) is 7. The smallest absolute Gasteiger partial charge is 0.325 e. The minimum absolute atomic E-state index is 0.0515. The first-order valence-corrected chi connectivity index (χ1v) is 11.2. The number of nitro benzene ring substituents is 1. The molecule has 1 amide bonds. The second kappa shape index (κ2) is 9.73. The van der Waals surface area contributed by atoms with Crippen molar-refractivity contribution in [2.45, 2.75) is 37.3 Å². The fraction of sp³-hybridized carbons (Fsp3) is 0.273. The van der Waals surface area contributed by atoms with Crippen molar-refractivity contribution >= 4 is 29.0 Å². The van der Waals surface area contributed by atoms with Crippen LogP contribution < -0.4 is 11.0 Å². The Kier molecular flexibility index (Phi) is 6.60. The highest BCUT2D eigenvalue weighted by Gasteiger charge is 2.21. The highest BCUT2D eigenvalue weighted by atomic mass is 32.2. The van der Waals surface area contributed by atoms with E-state index in [4.69, 9.17) is 0 Å². The van der Waals surface area contributed by atoms with Gasteiger partial charge in [-0.05, 0) is 49.4 Å². The quantitative estimate of drug-likeness (QED) is 0.253. The lowest BCUT2D eigenvalue weighted by Crippen LogP contribution is -2.30. The molecule has 0 unspecified atom stereocenters. The predicted molar refractivity (Wildman–Crippen MR) is 121 cm³/mol. The lowest BCUT2D eigenvalue weighted by atomic mass is 9.97. The Bertz CT molecular complexity index is 1210. The van der Waals surface area contributed by atoms with Crippen LogP contribution in [0, 0.1) is 10.1 Å². The number of carbonyl (C=O) groups is 1. The Hall–Kier alpha value is -3.53. The van der Waals surface area contributed by atoms with E-state index in [0.29, 0.717) is 17.3 Å². The van der Waals surface area contributed by atoms with Crippen molar-refractivity contribution in [2.24, 2.45) is 0 Å². The molecule has 0 spiro atoms. The van der Waals surface area contributed by atoms with Gasteiger partial charge in [0.25, 0.3) is 5.69 Å². The minimum atomic E-state index is -0.512. The van der Waals surface area contributed by atoms with E-state index in [1.54, 1.807) is 23.0 Å². The monoisotopic (exact) mass is 451 g/mol. The first kappa shape index (κ1) is 21.7. The molecule has 2 aromatic heterocycles. The zero-order valence-corrected chi connectivity index (χ0v) is 18.0. The second-order valence-corrected chi connectivity index (χ2v) is 8.38. The maximum atomic E-state index is 12.8. The maximum absolute atomic E-state index is 12.8. The van der Waals surface area contributed by atoms with Crippen molar-refractivity contribution in [2.75, 3.05) is 11.1 Å². The van der Waals surface area contributed by atoms with Crippen LogP contribution in [0.1, 0.15) is 29.7 Å². The fourth-order valence-corrected chi connectivity index (χ4v) is 4.61. The third-order valence-corrected chi connectivity index (χ3v) is 6.24. The van der Waals surface area contributed by atoms with E-state index < -0.39 is 4.92 Å². The molecular weight excluding hydrogens is 430 g/mol. The maximum Gasteiger partial charge on any atom is 0.349 e. The fourth-order valence-electron chi connectivity index (χ4n) is 3.73. The minimum Gasteiger partial charge on any atom is -0.325 e. The van der Waals surface area contributed by atoms with Gasteiger partial charge in [-0.3, -0.25) is 24.5 Å². The van der Waals surface area contributed by atoms with E-state index in [2.05, 4.69) is 15.3 Å². The number of rotatable bonds is 7. The molecule has 164 valence electrons. The van der Waals surface area contributed by atoms with Gasteiger partial charge in [-0.25, -0.2) is 4.79 Å². The summed E-state index contributed by atoms with van der Waals surface area (Å²) in [5.74, 6) is -0.265. The van der Waals surface area contributed by atoms with Gasteiger partial charge in [-0.2, -0.15) is 4.98 Å². The van der Waals surface area contributed by atoms with Crippen molar-refractivity contribution in [3.8, 4) is 0 Å². The number of pyridine rings is 1. The number of amides is 1. The normalized spacial score (nSPS) is 12.8. The molecular formula is C22H21N5O4S. The lowest BCUT2D eigenvalue weighted by Gasteiger charge is -2.22. The van der Waals surface area contributed by atoms with E-state index in [0.717, 1.165) is 42.5 Å². The van der Waals surface area contributed by atoms with Gasteiger partial charge >= 0.3 is 5.69 Å². The number of benzene rings is 1. The predicted octanol–water partition coefficient (Wildman–Crippen LogP) is 3.20. The van der Waals surface area contributed by atoms with Gasteiger partial charge in [0.2, 0.25) is 5.91 Å². The average molecular weight is 452 g/mol. The molecule has 0 aliphatic heterocycles. The Morgan fingerprint density at radius 3 is 2.75 bits per heavy atom. The van der Waals surface area contributed by atoms with E-state index >= 15 is 0 Å². The summed E-state index contributed by atoms with van der Waals surface area (Å²) in [5.41, 5.74) is 2.92. The SMILES string of the molecule is O=C(CSc1nc(=O)n(Cc2ccncc2)c2c1CCCC2)Nc1cccc([N+](=O)[O-])c1. The Morgan fingerprint density at radius 2 is 1.97 bits per heavy atom. The first-order valence-electron chi connectivity index (χ1n) is 10.2. The van der Waals surface area contributed by atoms with Crippen LogP contribution in [0.3, 0.4) is 0 Å². The van der Waals surface area contributed by atoms with Crippen LogP contribution in [-0.4, -0.2) is 31.1 Å². The van der Waals surface area contributed by atoms with Gasteiger partial charge in [0, 0.05) is 41.5 Å². The largest absolute Gasteiger partial charge is 0.349 e. The summed E-state index contributed by atoms with van der Waals surface area (Å²) >= 11 is 1.22. The summed E-state index contributed by atoms with van der Waals surface area (Å²) in [6.07, 6.45) is 7.02. The number of anilines is 1. The van der Waals surface area contributed by atoms with Gasteiger partial charge < -0.3 is 5.32 Å². The zero-order valence-electron chi connectivity index (χ0n) is 17.2. The summed E-state index contributed by atoms with van der Waals surface area (Å²) in [5, 5.41) is 14.2. The number of fused-ring (bicyclic) bond motifs is 1. The van der Waals surface area contributed by atoms with Crippen molar-refractivity contribution in [1.29, 1.82) is 0 Å². The van der Waals surface area contributed by atoms with Gasteiger partial charge in [-0.1, -0.05) is 17.8 Å². The molecule has 3 aromatic rings. The van der Waals surface area contributed by atoms with E-state index in [1.165, 1.54) is 30.0 Å². The number of carbonyl (C=O) groups excluding carboxylic acids is 1.